The monoisotopic (exact) mass is 322 g/mol. The molecule has 0 fully saturated rings. The van der Waals surface area contributed by atoms with Crippen LogP contribution < -0.4 is 10.1 Å². The first-order valence-electron chi connectivity index (χ1n) is 6.77. The first-order chi connectivity index (χ1) is 11.0. The SMILES string of the molecule is CN(C)C(=O)c1ccc(NCc2ccc(OC(F)F)cn2)nc1. The number of pyridine rings is 2. The molecular weight excluding hydrogens is 306 g/mol. The minimum atomic E-state index is -2.87. The Morgan fingerprint density at radius 3 is 2.52 bits per heavy atom. The molecule has 0 saturated heterocycles. The summed E-state index contributed by atoms with van der Waals surface area (Å²) >= 11 is 0. The number of aromatic nitrogens is 2. The summed E-state index contributed by atoms with van der Waals surface area (Å²) in [5.74, 6) is 0.462. The van der Waals surface area contributed by atoms with Crippen molar-refractivity contribution >= 4 is 11.7 Å². The number of carbonyl (C=O) groups is 1. The second-order valence-electron chi connectivity index (χ2n) is 4.85. The normalized spacial score (nSPS) is 10.5. The van der Waals surface area contributed by atoms with Crippen molar-refractivity contribution in [1.82, 2.24) is 14.9 Å². The van der Waals surface area contributed by atoms with Crippen molar-refractivity contribution in [2.24, 2.45) is 0 Å². The lowest BCUT2D eigenvalue weighted by Gasteiger charge is -2.10. The Kier molecular flexibility index (Phi) is 5.40. The van der Waals surface area contributed by atoms with Gasteiger partial charge in [0.2, 0.25) is 0 Å². The van der Waals surface area contributed by atoms with E-state index in [9.17, 15) is 13.6 Å². The van der Waals surface area contributed by atoms with Crippen LogP contribution >= 0.6 is 0 Å². The highest BCUT2D eigenvalue weighted by molar-refractivity contribution is 5.93. The average molecular weight is 322 g/mol. The van der Waals surface area contributed by atoms with Gasteiger partial charge in [0.1, 0.15) is 11.6 Å². The van der Waals surface area contributed by atoms with Crippen molar-refractivity contribution in [2.45, 2.75) is 13.2 Å². The molecule has 8 heteroatoms. The van der Waals surface area contributed by atoms with E-state index >= 15 is 0 Å². The molecule has 6 nitrogen and oxygen atoms in total. The number of hydrogen-bond acceptors (Lipinski definition) is 5. The van der Waals surface area contributed by atoms with Gasteiger partial charge < -0.3 is 15.0 Å². The van der Waals surface area contributed by atoms with Gasteiger partial charge in [-0.2, -0.15) is 8.78 Å². The van der Waals surface area contributed by atoms with Crippen LogP contribution in [0, 0.1) is 0 Å². The number of ether oxygens (including phenoxy) is 1. The third-order valence-corrected chi connectivity index (χ3v) is 2.89. The van der Waals surface area contributed by atoms with Crippen LogP contribution in [-0.4, -0.2) is 41.5 Å². The number of nitrogens with zero attached hydrogens (tertiary/aromatic N) is 3. The zero-order valence-electron chi connectivity index (χ0n) is 12.7. The number of hydrogen-bond donors (Lipinski definition) is 1. The molecule has 0 unspecified atom stereocenters. The molecule has 0 aliphatic rings. The van der Waals surface area contributed by atoms with Crippen LogP contribution in [-0.2, 0) is 6.54 Å². The van der Waals surface area contributed by atoms with E-state index in [4.69, 9.17) is 0 Å². The predicted octanol–water partition coefficient (Wildman–Crippen LogP) is 2.39. The highest BCUT2D eigenvalue weighted by atomic mass is 19.3. The molecule has 122 valence electrons. The maximum Gasteiger partial charge on any atom is 0.387 e. The molecule has 0 atom stereocenters. The first-order valence-corrected chi connectivity index (χ1v) is 6.77. The fourth-order valence-electron chi connectivity index (χ4n) is 1.75. The standard InChI is InChI=1S/C15H16F2N4O2/c1-21(2)14(22)10-3-6-13(19-7-10)20-8-11-4-5-12(9-18-11)23-15(16)17/h3-7,9,15H,8H2,1-2H3,(H,19,20). The molecule has 2 heterocycles. The number of halogens is 2. The lowest BCUT2D eigenvalue weighted by Crippen LogP contribution is -2.21. The van der Waals surface area contributed by atoms with Crippen molar-refractivity contribution in [1.29, 1.82) is 0 Å². The minimum absolute atomic E-state index is 0.00780. The molecule has 0 aliphatic carbocycles. The summed E-state index contributed by atoms with van der Waals surface area (Å²) in [6.07, 6.45) is 2.72. The minimum Gasteiger partial charge on any atom is -0.433 e. The van der Waals surface area contributed by atoms with Crippen molar-refractivity contribution in [3.8, 4) is 5.75 Å². The van der Waals surface area contributed by atoms with E-state index in [1.165, 1.54) is 23.4 Å². The highest BCUT2D eigenvalue weighted by Crippen LogP contribution is 2.13. The number of amides is 1. The molecule has 0 radical (unpaired) electrons. The number of carbonyl (C=O) groups excluding carboxylic acids is 1. The molecule has 2 aromatic heterocycles. The first kappa shape index (κ1) is 16.6. The smallest absolute Gasteiger partial charge is 0.387 e. The molecule has 0 aromatic carbocycles. The summed E-state index contributed by atoms with van der Waals surface area (Å²) in [6.45, 7) is -2.50. The number of nitrogens with one attached hydrogen (secondary N) is 1. The Labute approximate surface area is 132 Å². The van der Waals surface area contributed by atoms with Gasteiger partial charge in [-0.15, -0.1) is 0 Å². The largest absolute Gasteiger partial charge is 0.433 e. The van der Waals surface area contributed by atoms with Crippen molar-refractivity contribution in [2.75, 3.05) is 19.4 Å². The Balaban J connectivity index is 1.92. The van der Waals surface area contributed by atoms with Gasteiger partial charge in [-0.1, -0.05) is 0 Å². The lowest BCUT2D eigenvalue weighted by atomic mass is 10.2. The Hall–Kier alpha value is -2.77. The Bertz CT molecular complexity index is 646. The molecule has 2 aromatic rings. The van der Waals surface area contributed by atoms with Gasteiger partial charge in [0.25, 0.3) is 5.91 Å². The second-order valence-corrected chi connectivity index (χ2v) is 4.85. The van der Waals surface area contributed by atoms with Gasteiger partial charge in [-0.3, -0.25) is 9.78 Å². The van der Waals surface area contributed by atoms with Gasteiger partial charge in [0.15, 0.2) is 0 Å². The molecule has 23 heavy (non-hydrogen) atoms. The van der Waals surface area contributed by atoms with Gasteiger partial charge in [0.05, 0.1) is 24.0 Å². The quantitative estimate of drug-likeness (QED) is 0.884. The fourth-order valence-corrected chi connectivity index (χ4v) is 1.75. The van der Waals surface area contributed by atoms with E-state index < -0.39 is 6.61 Å². The summed E-state index contributed by atoms with van der Waals surface area (Å²) in [4.78, 5) is 21.4. The number of alkyl halides is 2. The van der Waals surface area contributed by atoms with Crippen LogP contribution in [0.1, 0.15) is 16.1 Å². The summed E-state index contributed by atoms with van der Waals surface area (Å²) in [5, 5.41) is 3.03. The molecule has 0 aliphatic heterocycles. The predicted molar refractivity (Wildman–Crippen MR) is 80.5 cm³/mol. The maximum absolute atomic E-state index is 12.0. The van der Waals surface area contributed by atoms with E-state index in [1.807, 2.05) is 0 Å². The van der Waals surface area contributed by atoms with Crippen LogP contribution in [0.3, 0.4) is 0 Å². The Morgan fingerprint density at radius 2 is 2.00 bits per heavy atom. The van der Waals surface area contributed by atoms with Gasteiger partial charge in [-0.25, -0.2) is 4.98 Å². The zero-order valence-corrected chi connectivity index (χ0v) is 12.7. The summed E-state index contributed by atoms with van der Waals surface area (Å²) in [5.41, 5.74) is 1.13. The van der Waals surface area contributed by atoms with Crippen molar-refractivity contribution in [3.05, 3.63) is 47.9 Å². The van der Waals surface area contributed by atoms with Crippen molar-refractivity contribution in [3.63, 3.8) is 0 Å². The molecule has 0 spiro atoms. The molecule has 2 rings (SSSR count). The van der Waals surface area contributed by atoms with Gasteiger partial charge in [-0.05, 0) is 24.3 Å². The third-order valence-electron chi connectivity index (χ3n) is 2.89. The van der Waals surface area contributed by atoms with Crippen LogP contribution in [0.2, 0.25) is 0 Å². The van der Waals surface area contributed by atoms with E-state index in [0.29, 0.717) is 23.6 Å². The van der Waals surface area contributed by atoms with Crippen LogP contribution in [0.15, 0.2) is 36.7 Å². The second kappa shape index (κ2) is 7.48. The van der Waals surface area contributed by atoms with Crippen molar-refractivity contribution < 1.29 is 18.3 Å². The highest BCUT2D eigenvalue weighted by Gasteiger charge is 2.08. The molecule has 0 saturated carbocycles. The average Bonchev–Trinajstić information content (AvgIpc) is 2.53. The van der Waals surface area contributed by atoms with E-state index in [0.717, 1.165) is 0 Å². The Morgan fingerprint density at radius 1 is 1.22 bits per heavy atom. The maximum atomic E-state index is 12.0. The lowest BCUT2D eigenvalue weighted by molar-refractivity contribution is -0.0500. The third kappa shape index (κ3) is 4.87. The van der Waals surface area contributed by atoms with E-state index in [1.54, 1.807) is 32.3 Å². The number of anilines is 1. The van der Waals surface area contributed by atoms with E-state index in [2.05, 4.69) is 20.0 Å². The van der Waals surface area contributed by atoms with Crippen LogP contribution in [0.25, 0.3) is 0 Å². The van der Waals surface area contributed by atoms with E-state index in [-0.39, 0.29) is 11.7 Å². The topological polar surface area (TPSA) is 67.4 Å². The van der Waals surface area contributed by atoms with Gasteiger partial charge in [0, 0.05) is 20.3 Å². The molecule has 1 amide bonds. The fraction of sp³-hybridized carbons (Fsp3) is 0.267. The summed E-state index contributed by atoms with van der Waals surface area (Å²) in [6, 6.07) is 6.35. The molecule has 1 N–H and O–H groups in total. The van der Waals surface area contributed by atoms with Crippen LogP contribution in [0.4, 0.5) is 14.6 Å². The summed E-state index contributed by atoms with van der Waals surface area (Å²) < 4.78 is 28.3. The van der Waals surface area contributed by atoms with Gasteiger partial charge >= 0.3 is 6.61 Å². The van der Waals surface area contributed by atoms with Crippen LogP contribution in [0.5, 0.6) is 5.75 Å². The number of rotatable bonds is 6. The molecular formula is C15H16F2N4O2. The zero-order chi connectivity index (χ0) is 16.8. The summed E-state index contributed by atoms with van der Waals surface area (Å²) in [7, 11) is 3.34. The molecule has 0 bridgehead atoms.